The average molecular weight is 282 g/mol. The molecule has 1 aromatic rings. The predicted molar refractivity (Wildman–Crippen MR) is 74.8 cm³/mol. The van der Waals surface area contributed by atoms with Crippen LogP contribution in [0.25, 0.3) is 0 Å². The van der Waals surface area contributed by atoms with Crippen molar-refractivity contribution in [2.24, 2.45) is 5.92 Å². The number of likely N-dealkylation sites (tertiary alicyclic amines) is 1. The molecule has 0 spiro atoms. The molecular formula is C15H20F2N2O. The van der Waals surface area contributed by atoms with Crippen LogP contribution in [0.15, 0.2) is 12.1 Å². The van der Waals surface area contributed by atoms with Crippen molar-refractivity contribution in [1.82, 2.24) is 4.90 Å². The molecule has 0 saturated carbocycles. The lowest BCUT2D eigenvalue weighted by Gasteiger charge is -2.21. The molecule has 5 heteroatoms. The third kappa shape index (κ3) is 3.08. The summed E-state index contributed by atoms with van der Waals surface area (Å²) in [4.78, 5) is 14.0. The van der Waals surface area contributed by atoms with Crippen LogP contribution >= 0.6 is 0 Å². The average Bonchev–Trinajstić information content (AvgIpc) is 2.62. The molecule has 20 heavy (non-hydrogen) atoms. The molecule has 2 rings (SSSR count). The van der Waals surface area contributed by atoms with Gasteiger partial charge in [-0.25, -0.2) is 8.78 Å². The zero-order valence-corrected chi connectivity index (χ0v) is 11.9. The highest BCUT2D eigenvalue weighted by Crippen LogP contribution is 2.23. The number of nitrogens with one attached hydrogen (secondary N) is 1. The molecule has 1 unspecified atom stereocenters. The van der Waals surface area contributed by atoms with E-state index >= 15 is 0 Å². The molecule has 0 aromatic heterocycles. The lowest BCUT2D eigenvalue weighted by molar-refractivity contribution is 0.0759. The summed E-state index contributed by atoms with van der Waals surface area (Å²) in [6.07, 6.45) is 2.96. The standard InChI is InChI=1S/C15H20F2N2O/c1-10-4-3-6-19(7-5-10)15(20)11-8-12(16)14(18-2)13(17)9-11/h8-10,18H,3-7H2,1-2H3. The number of amides is 1. The second-order valence-electron chi connectivity index (χ2n) is 5.39. The Hall–Kier alpha value is -1.65. The molecule has 1 fully saturated rings. The first kappa shape index (κ1) is 14.8. The summed E-state index contributed by atoms with van der Waals surface area (Å²) in [6.45, 7) is 3.46. The van der Waals surface area contributed by atoms with Crippen LogP contribution in [-0.2, 0) is 0 Å². The van der Waals surface area contributed by atoms with Gasteiger partial charge in [-0.2, -0.15) is 0 Å². The van der Waals surface area contributed by atoms with Crippen LogP contribution in [0.4, 0.5) is 14.5 Å². The molecular weight excluding hydrogens is 262 g/mol. The van der Waals surface area contributed by atoms with E-state index in [9.17, 15) is 13.6 Å². The Labute approximate surface area is 118 Å². The van der Waals surface area contributed by atoms with Gasteiger partial charge in [0.15, 0.2) is 0 Å². The number of carbonyl (C=O) groups excluding carboxylic acids is 1. The minimum Gasteiger partial charge on any atom is -0.383 e. The summed E-state index contributed by atoms with van der Waals surface area (Å²) in [6, 6.07) is 2.21. The van der Waals surface area contributed by atoms with E-state index < -0.39 is 11.6 Å². The van der Waals surface area contributed by atoms with Crippen molar-refractivity contribution in [3.8, 4) is 0 Å². The largest absolute Gasteiger partial charge is 0.383 e. The van der Waals surface area contributed by atoms with Gasteiger partial charge >= 0.3 is 0 Å². The SMILES string of the molecule is CNc1c(F)cc(C(=O)N2CCCC(C)CC2)cc1F. The first-order valence-electron chi connectivity index (χ1n) is 6.99. The van der Waals surface area contributed by atoms with Gasteiger partial charge in [-0.3, -0.25) is 4.79 Å². The van der Waals surface area contributed by atoms with Gasteiger partial charge in [0, 0.05) is 25.7 Å². The van der Waals surface area contributed by atoms with Gasteiger partial charge in [0.1, 0.15) is 17.3 Å². The lowest BCUT2D eigenvalue weighted by Crippen LogP contribution is -2.32. The summed E-state index contributed by atoms with van der Waals surface area (Å²) in [5, 5.41) is 2.45. The Morgan fingerprint density at radius 1 is 1.25 bits per heavy atom. The van der Waals surface area contributed by atoms with Crippen LogP contribution in [0.3, 0.4) is 0 Å². The highest BCUT2D eigenvalue weighted by atomic mass is 19.1. The Morgan fingerprint density at radius 2 is 1.90 bits per heavy atom. The maximum absolute atomic E-state index is 13.7. The van der Waals surface area contributed by atoms with Crippen molar-refractivity contribution < 1.29 is 13.6 Å². The van der Waals surface area contributed by atoms with E-state index in [-0.39, 0.29) is 17.2 Å². The van der Waals surface area contributed by atoms with Gasteiger partial charge in [0.25, 0.3) is 5.91 Å². The number of hydrogen-bond donors (Lipinski definition) is 1. The highest BCUT2D eigenvalue weighted by Gasteiger charge is 2.22. The number of hydrogen-bond acceptors (Lipinski definition) is 2. The maximum Gasteiger partial charge on any atom is 0.254 e. The van der Waals surface area contributed by atoms with Crippen molar-refractivity contribution >= 4 is 11.6 Å². The van der Waals surface area contributed by atoms with Crippen molar-refractivity contribution in [1.29, 1.82) is 0 Å². The number of halogens is 2. The molecule has 1 heterocycles. The third-order valence-electron chi connectivity index (χ3n) is 3.84. The smallest absolute Gasteiger partial charge is 0.254 e. The van der Waals surface area contributed by atoms with Crippen LogP contribution in [0.1, 0.15) is 36.5 Å². The molecule has 110 valence electrons. The summed E-state index contributed by atoms with van der Waals surface area (Å²) in [5.41, 5.74) is -0.125. The minimum atomic E-state index is -0.737. The fourth-order valence-electron chi connectivity index (χ4n) is 2.58. The molecule has 0 radical (unpaired) electrons. The lowest BCUT2D eigenvalue weighted by atomic mass is 10.0. The summed E-state index contributed by atoms with van der Waals surface area (Å²) in [7, 11) is 1.44. The van der Waals surface area contributed by atoms with Crippen LogP contribution in [0.5, 0.6) is 0 Å². The maximum atomic E-state index is 13.7. The third-order valence-corrected chi connectivity index (χ3v) is 3.84. The number of carbonyl (C=O) groups is 1. The summed E-state index contributed by atoms with van der Waals surface area (Å²) >= 11 is 0. The number of nitrogens with zero attached hydrogens (tertiary/aromatic N) is 1. The predicted octanol–water partition coefficient (Wildman–Crippen LogP) is 3.27. The molecule has 0 bridgehead atoms. The van der Waals surface area contributed by atoms with Gasteiger partial charge in [-0.1, -0.05) is 6.92 Å². The van der Waals surface area contributed by atoms with Crippen molar-refractivity contribution in [3.63, 3.8) is 0 Å². The van der Waals surface area contributed by atoms with Gasteiger partial charge in [0.2, 0.25) is 0 Å². The molecule has 0 aliphatic carbocycles. The molecule has 1 saturated heterocycles. The van der Waals surface area contributed by atoms with Crippen LogP contribution in [-0.4, -0.2) is 30.9 Å². The number of benzene rings is 1. The second kappa shape index (κ2) is 6.20. The molecule has 1 atom stereocenters. The number of anilines is 1. The van der Waals surface area contributed by atoms with Crippen LogP contribution in [0.2, 0.25) is 0 Å². The van der Waals surface area contributed by atoms with Crippen molar-refractivity contribution in [3.05, 3.63) is 29.3 Å². The first-order chi connectivity index (χ1) is 9.52. The Bertz CT molecular complexity index is 482. The van der Waals surface area contributed by atoms with E-state index in [1.165, 1.54) is 7.05 Å². The van der Waals surface area contributed by atoms with Crippen molar-refractivity contribution in [2.75, 3.05) is 25.5 Å². The molecule has 3 nitrogen and oxygen atoms in total. The van der Waals surface area contributed by atoms with E-state index in [4.69, 9.17) is 0 Å². The van der Waals surface area contributed by atoms with E-state index in [2.05, 4.69) is 12.2 Å². The van der Waals surface area contributed by atoms with Crippen LogP contribution in [0, 0.1) is 17.6 Å². The number of rotatable bonds is 2. The molecule has 1 aromatic carbocycles. The summed E-state index contributed by atoms with van der Waals surface area (Å²) < 4.78 is 27.4. The molecule has 1 aliphatic rings. The van der Waals surface area contributed by atoms with E-state index in [1.807, 2.05) is 0 Å². The van der Waals surface area contributed by atoms with E-state index in [0.29, 0.717) is 19.0 Å². The summed E-state index contributed by atoms with van der Waals surface area (Å²) in [5.74, 6) is -1.18. The normalized spacial score (nSPS) is 19.6. The quantitative estimate of drug-likeness (QED) is 0.903. The van der Waals surface area contributed by atoms with E-state index in [1.54, 1.807) is 4.90 Å². The fraction of sp³-hybridized carbons (Fsp3) is 0.533. The van der Waals surface area contributed by atoms with Crippen molar-refractivity contribution in [2.45, 2.75) is 26.2 Å². The highest BCUT2D eigenvalue weighted by molar-refractivity contribution is 5.94. The second-order valence-corrected chi connectivity index (χ2v) is 5.39. The monoisotopic (exact) mass is 282 g/mol. The zero-order valence-electron chi connectivity index (χ0n) is 11.9. The van der Waals surface area contributed by atoms with Crippen LogP contribution < -0.4 is 5.32 Å². The van der Waals surface area contributed by atoms with E-state index in [0.717, 1.165) is 31.4 Å². The van der Waals surface area contributed by atoms with Gasteiger partial charge < -0.3 is 10.2 Å². The van der Waals surface area contributed by atoms with Gasteiger partial charge in [-0.05, 0) is 37.3 Å². The molecule has 1 aliphatic heterocycles. The molecule has 1 N–H and O–H groups in total. The first-order valence-corrected chi connectivity index (χ1v) is 6.99. The topological polar surface area (TPSA) is 32.3 Å². The Kier molecular flexibility index (Phi) is 4.57. The zero-order chi connectivity index (χ0) is 14.7. The Balaban J connectivity index is 2.20. The van der Waals surface area contributed by atoms with Gasteiger partial charge in [-0.15, -0.1) is 0 Å². The minimum absolute atomic E-state index is 0.0774. The van der Waals surface area contributed by atoms with Gasteiger partial charge in [0.05, 0.1) is 0 Å². The fourth-order valence-corrected chi connectivity index (χ4v) is 2.58. The molecule has 1 amide bonds. The Morgan fingerprint density at radius 3 is 2.50 bits per heavy atom.